The summed E-state index contributed by atoms with van der Waals surface area (Å²) in [5, 5.41) is 2.02. The SMILES string of the molecule is Cn1c(=O)cc(-c2cccc(Cl)c2)c2cc(C3(c4ccc(Cl)cc4)OCCO3)cnc21. The van der Waals surface area contributed by atoms with Crippen molar-refractivity contribution in [3.05, 3.63) is 98.4 Å². The van der Waals surface area contributed by atoms with Crippen LogP contribution in [0.1, 0.15) is 11.1 Å². The molecule has 1 aliphatic rings. The Morgan fingerprint density at radius 2 is 1.68 bits per heavy atom. The first-order valence-electron chi connectivity index (χ1n) is 9.78. The third-order valence-corrected chi connectivity index (χ3v) is 5.99. The summed E-state index contributed by atoms with van der Waals surface area (Å²) in [5.74, 6) is -1.09. The normalized spacial score (nSPS) is 15.5. The maximum atomic E-state index is 12.6. The van der Waals surface area contributed by atoms with Crippen molar-refractivity contribution in [3.8, 4) is 11.1 Å². The van der Waals surface area contributed by atoms with E-state index in [9.17, 15) is 4.79 Å². The van der Waals surface area contributed by atoms with E-state index in [0.717, 1.165) is 27.6 Å². The van der Waals surface area contributed by atoms with Gasteiger partial charge in [0.1, 0.15) is 5.65 Å². The third kappa shape index (κ3) is 3.44. The molecule has 0 unspecified atom stereocenters. The van der Waals surface area contributed by atoms with Crippen LogP contribution >= 0.6 is 23.2 Å². The average Bonchev–Trinajstić information content (AvgIpc) is 3.27. The Balaban J connectivity index is 1.77. The molecule has 0 spiro atoms. The molecule has 1 fully saturated rings. The van der Waals surface area contributed by atoms with E-state index >= 15 is 0 Å². The van der Waals surface area contributed by atoms with Crippen LogP contribution in [0.4, 0.5) is 0 Å². The summed E-state index contributed by atoms with van der Waals surface area (Å²) in [6, 6.07) is 18.4. The van der Waals surface area contributed by atoms with Gasteiger partial charge in [-0.2, -0.15) is 0 Å². The molecule has 0 atom stereocenters. The predicted octanol–water partition coefficient (Wildman–Crippen LogP) is 5.16. The molecule has 4 aromatic rings. The van der Waals surface area contributed by atoms with Crippen LogP contribution in [0, 0.1) is 0 Å². The summed E-state index contributed by atoms with van der Waals surface area (Å²) in [5.41, 5.74) is 3.56. The molecule has 0 bridgehead atoms. The minimum atomic E-state index is -1.09. The van der Waals surface area contributed by atoms with Gasteiger partial charge in [0.2, 0.25) is 5.79 Å². The van der Waals surface area contributed by atoms with Crippen LogP contribution in [0.5, 0.6) is 0 Å². The van der Waals surface area contributed by atoms with Crippen molar-refractivity contribution >= 4 is 34.2 Å². The second-order valence-corrected chi connectivity index (χ2v) is 8.25. The van der Waals surface area contributed by atoms with Crippen molar-refractivity contribution in [2.24, 2.45) is 7.05 Å². The standard InChI is InChI=1S/C24H18Cl2N2O3/c1-28-22(29)13-20(15-3-2-4-19(26)11-15)21-12-17(14-27-23(21)28)24(30-9-10-31-24)16-5-7-18(25)8-6-16/h2-8,11-14H,9-10H2,1H3. The zero-order chi connectivity index (χ0) is 21.6. The van der Waals surface area contributed by atoms with E-state index in [4.69, 9.17) is 32.7 Å². The number of rotatable bonds is 3. The average molecular weight is 453 g/mol. The Morgan fingerprint density at radius 1 is 0.935 bits per heavy atom. The van der Waals surface area contributed by atoms with Crippen molar-refractivity contribution in [2.75, 3.05) is 13.2 Å². The predicted molar refractivity (Wildman–Crippen MR) is 122 cm³/mol. The van der Waals surface area contributed by atoms with Crippen molar-refractivity contribution in [1.29, 1.82) is 0 Å². The molecule has 156 valence electrons. The lowest BCUT2D eigenvalue weighted by Crippen LogP contribution is -2.29. The van der Waals surface area contributed by atoms with E-state index in [1.165, 1.54) is 4.57 Å². The summed E-state index contributed by atoms with van der Waals surface area (Å²) in [7, 11) is 1.70. The van der Waals surface area contributed by atoms with Gasteiger partial charge in [0, 0.05) is 45.9 Å². The van der Waals surface area contributed by atoms with Gasteiger partial charge < -0.3 is 9.47 Å². The molecule has 5 nitrogen and oxygen atoms in total. The molecule has 0 aliphatic carbocycles. The molecule has 2 aromatic carbocycles. The van der Waals surface area contributed by atoms with Crippen LogP contribution in [-0.4, -0.2) is 22.8 Å². The lowest BCUT2D eigenvalue weighted by atomic mass is 9.95. The van der Waals surface area contributed by atoms with Crippen LogP contribution < -0.4 is 5.56 Å². The fourth-order valence-corrected chi connectivity index (χ4v) is 4.30. The highest BCUT2D eigenvalue weighted by Gasteiger charge is 2.41. The number of pyridine rings is 2. The smallest absolute Gasteiger partial charge is 0.252 e. The molecule has 1 saturated heterocycles. The number of aromatic nitrogens is 2. The molecule has 0 radical (unpaired) electrons. The molecular formula is C24H18Cl2N2O3. The molecule has 2 aromatic heterocycles. The van der Waals surface area contributed by atoms with E-state index < -0.39 is 5.79 Å². The highest BCUT2D eigenvalue weighted by molar-refractivity contribution is 6.31. The Labute approximate surface area is 188 Å². The number of hydrogen-bond donors (Lipinski definition) is 0. The number of ether oxygens (including phenoxy) is 2. The summed E-state index contributed by atoms with van der Waals surface area (Å²) in [6.45, 7) is 0.907. The minimum absolute atomic E-state index is 0.150. The zero-order valence-electron chi connectivity index (χ0n) is 16.6. The van der Waals surface area contributed by atoms with Crippen molar-refractivity contribution in [3.63, 3.8) is 0 Å². The molecule has 0 saturated carbocycles. The first-order valence-corrected chi connectivity index (χ1v) is 10.5. The Bertz CT molecular complexity index is 1340. The van der Waals surface area contributed by atoms with Gasteiger partial charge in [-0.05, 0) is 41.5 Å². The van der Waals surface area contributed by atoms with E-state index in [1.54, 1.807) is 37.5 Å². The summed E-state index contributed by atoms with van der Waals surface area (Å²) >= 11 is 12.3. The maximum Gasteiger partial charge on any atom is 0.252 e. The molecule has 3 heterocycles. The van der Waals surface area contributed by atoms with Gasteiger partial charge in [0.25, 0.3) is 5.56 Å². The fourth-order valence-electron chi connectivity index (χ4n) is 3.98. The van der Waals surface area contributed by atoms with Crippen molar-refractivity contribution < 1.29 is 9.47 Å². The van der Waals surface area contributed by atoms with E-state index in [1.807, 2.05) is 36.4 Å². The van der Waals surface area contributed by atoms with Crippen LogP contribution in [0.2, 0.25) is 10.0 Å². The largest absolute Gasteiger partial charge is 0.340 e. The van der Waals surface area contributed by atoms with Gasteiger partial charge in [0.15, 0.2) is 0 Å². The van der Waals surface area contributed by atoms with Gasteiger partial charge in [-0.1, -0.05) is 47.5 Å². The Hall–Kier alpha value is -2.70. The number of aryl methyl sites for hydroxylation is 1. The number of halogens is 2. The van der Waals surface area contributed by atoms with Crippen LogP contribution in [0.25, 0.3) is 22.2 Å². The molecular weight excluding hydrogens is 435 g/mol. The van der Waals surface area contributed by atoms with Gasteiger partial charge in [-0.25, -0.2) is 4.98 Å². The second kappa shape index (κ2) is 7.77. The number of benzene rings is 2. The topological polar surface area (TPSA) is 53.4 Å². The molecule has 0 N–H and O–H groups in total. The first kappa shape index (κ1) is 20.2. The van der Waals surface area contributed by atoms with Gasteiger partial charge >= 0.3 is 0 Å². The Morgan fingerprint density at radius 3 is 2.39 bits per heavy atom. The minimum Gasteiger partial charge on any atom is -0.340 e. The molecule has 7 heteroatoms. The van der Waals surface area contributed by atoms with Gasteiger partial charge in [0.05, 0.1) is 13.2 Å². The number of fused-ring (bicyclic) bond motifs is 1. The first-order chi connectivity index (χ1) is 15.0. The summed E-state index contributed by atoms with van der Waals surface area (Å²) < 4.78 is 13.8. The zero-order valence-corrected chi connectivity index (χ0v) is 18.2. The summed E-state index contributed by atoms with van der Waals surface area (Å²) in [4.78, 5) is 17.2. The maximum absolute atomic E-state index is 12.6. The molecule has 5 rings (SSSR count). The quantitative estimate of drug-likeness (QED) is 0.430. The van der Waals surface area contributed by atoms with Crippen LogP contribution in [0.3, 0.4) is 0 Å². The van der Waals surface area contributed by atoms with Gasteiger partial charge in [-0.15, -0.1) is 0 Å². The van der Waals surface area contributed by atoms with Crippen LogP contribution in [0.15, 0.2) is 71.7 Å². The van der Waals surface area contributed by atoms with Gasteiger partial charge in [-0.3, -0.25) is 9.36 Å². The third-order valence-electron chi connectivity index (χ3n) is 5.51. The Kier molecular flexibility index (Phi) is 5.07. The second-order valence-electron chi connectivity index (χ2n) is 7.38. The fraction of sp³-hybridized carbons (Fsp3) is 0.167. The molecule has 31 heavy (non-hydrogen) atoms. The molecule has 0 amide bonds. The lowest BCUT2D eigenvalue weighted by Gasteiger charge is -2.28. The van der Waals surface area contributed by atoms with Crippen molar-refractivity contribution in [1.82, 2.24) is 9.55 Å². The van der Waals surface area contributed by atoms with Crippen molar-refractivity contribution in [2.45, 2.75) is 5.79 Å². The van der Waals surface area contributed by atoms with E-state index in [2.05, 4.69) is 4.98 Å². The van der Waals surface area contributed by atoms with E-state index in [-0.39, 0.29) is 5.56 Å². The highest BCUT2D eigenvalue weighted by Crippen LogP contribution is 2.40. The number of nitrogens with zero attached hydrogens (tertiary/aromatic N) is 2. The van der Waals surface area contributed by atoms with Crippen LogP contribution in [-0.2, 0) is 22.3 Å². The monoisotopic (exact) mass is 452 g/mol. The number of hydrogen-bond acceptors (Lipinski definition) is 4. The van der Waals surface area contributed by atoms with E-state index in [0.29, 0.717) is 28.9 Å². The summed E-state index contributed by atoms with van der Waals surface area (Å²) in [6.07, 6.45) is 1.70. The molecule has 1 aliphatic heterocycles. The highest BCUT2D eigenvalue weighted by atomic mass is 35.5. The lowest BCUT2D eigenvalue weighted by molar-refractivity contribution is -0.130.